The predicted molar refractivity (Wildman–Crippen MR) is 218 cm³/mol. The first-order valence-electron chi connectivity index (χ1n) is 18.5. The number of hydrogen-bond acceptors (Lipinski definition) is 0. The summed E-state index contributed by atoms with van der Waals surface area (Å²) in [7, 11) is 0. The molecule has 0 atom stereocenters. The molecule has 52 heavy (non-hydrogen) atoms. The van der Waals surface area contributed by atoms with Crippen molar-refractivity contribution in [2.24, 2.45) is 0 Å². The predicted octanol–water partition coefficient (Wildman–Crippen LogP) is 12.8. The summed E-state index contributed by atoms with van der Waals surface area (Å²) in [6.45, 7) is 8.74. The Hall–Kier alpha value is -5.98. The second kappa shape index (κ2) is 11.3. The molecule has 8 aromatic carbocycles. The molecule has 0 unspecified atom stereocenters. The maximum atomic E-state index is 2.46. The molecule has 0 bridgehead atoms. The average molecular weight is 665 g/mol. The highest BCUT2D eigenvalue weighted by atomic mass is 14.5. The van der Waals surface area contributed by atoms with E-state index in [1.54, 1.807) is 0 Å². The number of aryl methyl sites for hydroxylation is 4. The van der Waals surface area contributed by atoms with Crippen LogP contribution in [0.25, 0.3) is 33.0 Å². The van der Waals surface area contributed by atoms with Gasteiger partial charge in [0.05, 0.1) is 10.8 Å². The maximum absolute atomic E-state index is 2.46. The lowest BCUT2D eigenvalue weighted by Gasteiger charge is -2.46. The van der Waals surface area contributed by atoms with Crippen molar-refractivity contribution in [1.29, 1.82) is 0 Å². The molecule has 0 radical (unpaired) electrons. The lowest BCUT2D eigenvalue weighted by molar-refractivity contribution is 0.739. The van der Waals surface area contributed by atoms with Crippen LogP contribution in [0.2, 0.25) is 0 Å². The lowest BCUT2D eigenvalue weighted by Crippen LogP contribution is -2.36. The van der Waals surface area contributed by atoms with Gasteiger partial charge in [-0.25, -0.2) is 0 Å². The molecule has 0 spiro atoms. The minimum atomic E-state index is -0.518. The van der Waals surface area contributed by atoms with Crippen molar-refractivity contribution >= 4 is 10.8 Å². The van der Waals surface area contributed by atoms with Crippen molar-refractivity contribution < 1.29 is 0 Å². The zero-order valence-corrected chi connectivity index (χ0v) is 30.2. The fraction of sp³-hybridized carbons (Fsp3) is 0.115. The zero-order chi connectivity index (χ0) is 35.2. The Bertz CT molecular complexity index is 2390. The third kappa shape index (κ3) is 4.04. The molecule has 0 amide bonds. The standard InChI is InChI=1S/C52H40/c1-33-13-21-37(22-14-33)51(38-23-15-34(2)16-24-38)45-11-7-5-9-41(45)43-30-32-48-50-44(29-31-47(51)49(43)50)42-10-6-8-12-46(42)52(48,39-25-17-35(3)18-26-39)40-27-19-36(4)20-28-40/h5-32H,1-4H3. The number of fused-ring (bicyclic) bond motifs is 4. The Balaban J connectivity index is 1.44. The molecular formula is C52H40. The highest BCUT2D eigenvalue weighted by Gasteiger charge is 2.49. The van der Waals surface area contributed by atoms with Crippen LogP contribution in [0.5, 0.6) is 0 Å². The quantitative estimate of drug-likeness (QED) is 0.176. The molecule has 0 heterocycles. The molecule has 0 N–H and O–H groups in total. The average Bonchev–Trinajstić information content (AvgIpc) is 3.18. The molecule has 0 aromatic heterocycles. The van der Waals surface area contributed by atoms with Gasteiger partial charge in [0.1, 0.15) is 0 Å². The van der Waals surface area contributed by atoms with Crippen molar-refractivity contribution in [3.05, 3.63) is 237 Å². The fourth-order valence-electron chi connectivity index (χ4n) is 9.74. The summed E-state index contributed by atoms with van der Waals surface area (Å²) < 4.78 is 0. The second-order valence-corrected chi connectivity index (χ2v) is 15.1. The number of hydrogen-bond donors (Lipinski definition) is 0. The van der Waals surface area contributed by atoms with E-state index in [-0.39, 0.29) is 0 Å². The summed E-state index contributed by atoms with van der Waals surface area (Å²) in [6, 6.07) is 65.3. The van der Waals surface area contributed by atoms with Crippen molar-refractivity contribution in [2.75, 3.05) is 0 Å². The van der Waals surface area contributed by atoms with Crippen LogP contribution in [0.4, 0.5) is 0 Å². The van der Waals surface area contributed by atoms with Gasteiger partial charge in [0, 0.05) is 0 Å². The Labute approximate surface area is 307 Å². The van der Waals surface area contributed by atoms with E-state index in [1.807, 2.05) is 0 Å². The Morgan fingerprint density at radius 2 is 0.538 bits per heavy atom. The summed E-state index contributed by atoms with van der Waals surface area (Å²) in [6.07, 6.45) is 0. The van der Waals surface area contributed by atoms with Crippen LogP contribution in [0, 0.1) is 27.7 Å². The Morgan fingerprint density at radius 3 is 0.846 bits per heavy atom. The molecule has 0 heteroatoms. The minimum Gasteiger partial charge on any atom is -0.0619 e. The normalized spacial score (nSPS) is 14.5. The smallest absolute Gasteiger partial charge is 0.0619 e. The van der Waals surface area contributed by atoms with Crippen molar-refractivity contribution in [1.82, 2.24) is 0 Å². The summed E-state index contributed by atoms with van der Waals surface area (Å²) >= 11 is 0. The van der Waals surface area contributed by atoms with Gasteiger partial charge >= 0.3 is 0 Å². The van der Waals surface area contributed by atoms with Crippen LogP contribution in [0.15, 0.2) is 170 Å². The zero-order valence-electron chi connectivity index (χ0n) is 30.2. The SMILES string of the molecule is Cc1ccc(C2(c3ccc(C)cc3)c3ccccc3-c3ccc4c5c(ccc2c35)-c2ccccc2C4(c2ccc(C)cc2)c2ccc(C)cc2)cc1. The Kier molecular flexibility index (Phi) is 6.67. The monoisotopic (exact) mass is 664 g/mol. The van der Waals surface area contributed by atoms with Crippen molar-refractivity contribution in [3.63, 3.8) is 0 Å². The fourth-order valence-corrected chi connectivity index (χ4v) is 9.74. The van der Waals surface area contributed by atoms with Gasteiger partial charge in [0.15, 0.2) is 0 Å². The Morgan fingerprint density at radius 1 is 0.250 bits per heavy atom. The van der Waals surface area contributed by atoms with Crippen LogP contribution >= 0.6 is 0 Å². The summed E-state index contributed by atoms with van der Waals surface area (Å²) in [5.74, 6) is 0. The van der Waals surface area contributed by atoms with Crippen LogP contribution in [0.3, 0.4) is 0 Å². The van der Waals surface area contributed by atoms with E-state index in [1.165, 1.54) is 99.8 Å². The highest BCUT2D eigenvalue weighted by molar-refractivity contribution is 6.14. The van der Waals surface area contributed by atoms with Gasteiger partial charge in [0.25, 0.3) is 0 Å². The summed E-state index contributed by atoms with van der Waals surface area (Å²) in [4.78, 5) is 0. The van der Waals surface area contributed by atoms with E-state index in [2.05, 4.69) is 198 Å². The van der Waals surface area contributed by atoms with Crippen LogP contribution in [0.1, 0.15) is 66.8 Å². The molecule has 10 rings (SSSR count). The number of benzene rings is 8. The molecule has 8 aromatic rings. The van der Waals surface area contributed by atoms with E-state index >= 15 is 0 Å². The van der Waals surface area contributed by atoms with Gasteiger partial charge in [-0.3, -0.25) is 0 Å². The highest BCUT2D eigenvalue weighted by Crippen LogP contribution is 2.61. The van der Waals surface area contributed by atoms with E-state index < -0.39 is 10.8 Å². The molecular weight excluding hydrogens is 625 g/mol. The van der Waals surface area contributed by atoms with Gasteiger partial charge < -0.3 is 0 Å². The minimum absolute atomic E-state index is 0.518. The van der Waals surface area contributed by atoms with Gasteiger partial charge in [-0.1, -0.05) is 192 Å². The van der Waals surface area contributed by atoms with Crippen LogP contribution < -0.4 is 0 Å². The van der Waals surface area contributed by atoms with Crippen LogP contribution in [-0.4, -0.2) is 0 Å². The first-order valence-corrected chi connectivity index (χ1v) is 18.5. The molecule has 2 aliphatic carbocycles. The largest absolute Gasteiger partial charge is 0.0713 e. The third-order valence-electron chi connectivity index (χ3n) is 12.1. The summed E-state index contributed by atoms with van der Waals surface area (Å²) in [5, 5.41) is 2.71. The van der Waals surface area contributed by atoms with Gasteiger partial charge in [-0.05, 0) is 105 Å². The maximum Gasteiger partial charge on any atom is 0.0713 e. The molecule has 248 valence electrons. The van der Waals surface area contributed by atoms with Gasteiger partial charge in [-0.2, -0.15) is 0 Å². The van der Waals surface area contributed by atoms with Crippen molar-refractivity contribution in [3.8, 4) is 22.3 Å². The van der Waals surface area contributed by atoms with Crippen LogP contribution in [-0.2, 0) is 10.8 Å². The molecule has 2 aliphatic rings. The molecule has 0 saturated carbocycles. The molecule has 0 saturated heterocycles. The van der Waals surface area contributed by atoms with E-state index in [0.29, 0.717) is 0 Å². The second-order valence-electron chi connectivity index (χ2n) is 15.1. The topological polar surface area (TPSA) is 0 Å². The first kappa shape index (κ1) is 30.8. The van der Waals surface area contributed by atoms with Gasteiger partial charge in [-0.15, -0.1) is 0 Å². The lowest BCUT2D eigenvalue weighted by atomic mass is 9.55. The first-order chi connectivity index (χ1) is 25.4. The number of rotatable bonds is 4. The van der Waals surface area contributed by atoms with E-state index in [0.717, 1.165) is 0 Å². The molecule has 0 aliphatic heterocycles. The van der Waals surface area contributed by atoms with Crippen molar-refractivity contribution in [2.45, 2.75) is 38.5 Å². The third-order valence-corrected chi connectivity index (χ3v) is 12.1. The van der Waals surface area contributed by atoms with E-state index in [4.69, 9.17) is 0 Å². The molecule has 0 nitrogen and oxygen atoms in total. The summed E-state index contributed by atoms with van der Waals surface area (Å²) in [5.41, 5.74) is 19.8. The van der Waals surface area contributed by atoms with E-state index in [9.17, 15) is 0 Å². The van der Waals surface area contributed by atoms with Gasteiger partial charge in [0.2, 0.25) is 0 Å². The molecule has 0 fully saturated rings.